The van der Waals surface area contributed by atoms with Crippen molar-refractivity contribution in [1.82, 2.24) is 0 Å². The van der Waals surface area contributed by atoms with Crippen LogP contribution in [0.15, 0.2) is 0 Å². The first kappa shape index (κ1) is 43.2. The van der Waals surface area contributed by atoms with E-state index in [9.17, 15) is 45.6 Å². The van der Waals surface area contributed by atoms with Crippen LogP contribution in [0, 0.1) is 62.6 Å². The molecule has 1 saturated heterocycles. The minimum atomic E-state index is -1.87. The van der Waals surface area contributed by atoms with Crippen LogP contribution >= 0.6 is 0 Å². The zero-order valence-corrected chi connectivity index (χ0v) is 34.9. The van der Waals surface area contributed by atoms with Gasteiger partial charge in [-0.15, -0.1) is 0 Å². The van der Waals surface area contributed by atoms with Crippen molar-refractivity contribution >= 4 is 5.97 Å². The zero-order chi connectivity index (χ0) is 40.9. The smallest absolute Gasteiger partial charge is 0.305 e. The Morgan fingerprint density at radius 2 is 1.21 bits per heavy atom. The normalized spacial score (nSPS) is 54.6. The van der Waals surface area contributed by atoms with Crippen LogP contribution in [0.5, 0.6) is 0 Å². The van der Waals surface area contributed by atoms with Gasteiger partial charge in [-0.2, -0.15) is 0 Å². The fraction of sp³-hybridized carbons (Fsp3) is 0.977. The van der Waals surface area contributed by atoms with Crippen LogP contribution in [0.3, 0.4) is 0 Å². The Labute approximate surface area is 333 Å². The van der Waals surface area contributed by atoms with E-state index in [2.05, 4.69) is 48.5 Å². The van der Waals surface area contributed by atoms with E-state index in [0.29, 0.717) is 57.2 Å². The molecule has 12 heteroatoms. The molecule has 56 heavy (non-hydrogen) atoms. The fourth-order valence-electron chi connectivity index (χ4n) is 15.5. The zero-order valence-electron chi connectivity index (χ0n) is 34.9. The molecule has 1 aliphatic heterocycles. The molecule has 7 aliphatic rings. The fourth-order valence-corrected chi connectivity index (χ4v) is 15.5. The Hall–Kier alpha value is -0.930. The third-order valence-electron chi connectivity index (χ3n) is 18.7. The van der Waals surface area contributed by atoms with E-state index >= 15 is 0 Å². The van der Waals surface area contributed by atoms with Crippen molar-refractivity contribution in [2.45, 2.75) is 199 Å². The number of hydrogen-bond donors (Lipinski definition) is 8. The molecule has 0 bridgehead atoms. The van der Waals surface area contributed by atoms with Crippen LogP contribution in [0.4, 0.5) is 0 Å². The highest BCUT2D eigenvalue weighted by Gasteiger charge is 2.70. The second kappa shape index (κ2) is 15.2. The molecule has 0 aromatic carbocycles. The van der Waals surface area contributed by atoms with Crippen LogP contribution in [-0.2, 0) is 19.0 Å². The van der Waals surface area contributed by atoms with E-state index in [-0.39, 0.29) is 6.42 Å². The largest absolute Gasteiger partial charge is 0.463 e. The highest BCUT2D eigenvalue weighted by Crippen LogP contribution is 2.78. The summed E-state index contributed by atoms with van der Waals surface area (Å²) in [7, 11) is 0. The van der Waals surface area contributed by atoms with Crippen molar-refractivity contribution in [1.29, 1.82) is 0 Å². The molecule has 21 atom stereocenters. The van der Waals surface area contributed by atoms with Crippen LogP contribution in [-0.4, -0.2) is 121 Å². The van der Waals surface area contributed by atoms with Crippen LogP contribution in [0.25, 0.3) is 0 Å². The molecule has 2 unspecified atom stereocenters. The molecule has 0 spiro atoms. The van der Waals surface area contributed by atoms with E-state index in [1.54, 1.807) is 0 Å². The van der Waals surface area contributed by atoms with Crippen molar-refractivity contribution in [3.63, 3.8) is 0 Å². The van der Waals surface area contributed by atoms with Gasteiger partial charge in [-0.1, -0.05) is 54.9 Å². The number of fused-ring (bicyclic) bond motifs is 7. The SMILES string of the molecule is C[C@H](CCC(=O)OC[C@H]1O[C@H](OC2[C@@H](O)[C@H](O)C(O)[C@H](O)[C@H]2O)[C@@H](O)[C@@H](O)[C@@H]1O)[C@H]1CC[C@]2(C)[C@H]3CC[C@@H]4[C@@]5(C)CCCC(C)(C)[C@@H]5CC[C@@]4(C)[C@]3(C)CC[C@@H]12. The average molecular weight is 795 g/mol. The minimum Gasteiger partial charge on any atom is -0.463 e. The van der Waals surface area contributed by atoms with Crippen LogP contribution in [0.2, 0.25) is 0 Å². The van der Waals surface area contributed by atoms with Crippen molar-refractivity contribution < 1.29 is 59.9 Å². The van der Waals surface area contributed by atoms with Gasteiger partial charge in [0.05, 0.1) is 0 Å². The Bertz CT molecular complexity index is 1410. The highest BCUT2D eigenvalue weighted by molar-refractivity contribution is 5.69. The van der Waals surface area contributed by atoms with Crippen molar-refractivity contribution in [2.75, 3.05) is 6.61 Å². The predicted molar refractivity (Wildman–Crippen MR) is 205 cm³/mol. The van der Waals surface area contributed by atoms with E-state index in [0.717, 1.165) is 11.8 Å². The minimum absolute atomic E-state index is 0.185. The maximum absolute atomic E-state index is 13.1. The quantitative estimate of drug-likeness (QED) is 0.167. The number of rotatable bonds is 8. The molecule has 12 nitrogen and oxygen atoms in total. The summed E-state index contributed by atoms with van der Waals surface area (Å²) < 4.78 is 16.6. The predicted octanol–water partition coefficient (Wildman–Crippen LogP) is 3.45. The van der Waals surface area contributed by atoms with Crippen LogP contribution < -0.4 is 0 Å². The number of carbonyl (C=O) groups is 1. The van der Waals surface area contributed by atoms with E-state index < -0.39 is 79.9 Å². The first-order chi connectivity index (χ1) is 26.1. The number of aliphatic hydroxyl groups excluding tert-OH is 8. The Balaban J connectivity index is 0.939. The van der Waals surface area contributed by atoms with Crippen molar-refractivity contribution in [3.05, 3.63) is 0 Å². The maximum atomic E-state index is 13.1. The number of carbonyl (C=O) groups excluding carboxylic acids is 1. The third kappa shape index (κ3) is 6.65. The first-order valence-corrected chi connectivity index (χ1v) is 22.0. The lowest BCUT2D eigenvalue weighted by Crippen LogP contribution is -2.67. The molecule has 0 aromatic heterocycles. The Kier molecular flexibility index (Phi) is 11.7. The van der Waals surface area contributed by atoms with Gasteiger partial charge in [0.15, 0.2) is 6.29 Å². The van der Waals surface area contributed by atoms with Crippen molar-refractivity contribution in [2.24, 2.45) is 62.6 Å². The summed E-state index contributed by atoms with van der Waals surface area (Å²) in [6.07, 6.45) is -4.00. The number of ether oxygens (including phenoxy) is 3. The average Bonchev–Trinajstić information content (AvgIpc) is 3.50. The van der Waals surface area contributed by atoms with Gasteiger partial charge in [-0.05, 0) is 133 Å². The Morgan fingerprint density at radius 1 is 0.643 bits per heavy atom. The molecule has 6 aliphatic carbocycles. The molecule has 322 valence electrons. The summed E-state index contributed by atoms with van der Waals surface area (Å²) in [5.41, 5.74) is 1.85. The first-order valence-electron chi connectivity index (χ1n) is 22.0. The second-order valence-corrected chi connectivity index (χ2v) is 21.6. The third-order valence-corrected chi connectivity index (χ3v) is 18.7. The monoisotopic (exact) mass is 795 g/mol. The lowest BCUT2D eigenvalue weighted by molar-refractivity contribution is -0.339. The second-order valence-electron chi connectivity index (χ2n) is 21.6. The highest BCUT2D eigenvalue weighted by atomic mass is 16.7. The maximum Gasteiger partial charge on any atom is 0.305 e. The van der Waals surface area contributed by atoms with E-state index in [4.69, 9.17) is 14.2 Å². The number of esters is 1. The molecule has 8 N–H and O–H groups in total. The van der Waals surface area contributed by atoms with Gasteiger partial charge in [0.25, 0.3) is 0 Å². The molecular weight excluding hydrogens is 720 g/mol. The molecule has 0 amide bonds. The number of aliphatic hydroxyl groups is 8. The van der Waals surface area contributed by atoms with Gasteiger partial charge in [-0.25, -0.2) is 0 Å². The lowest BCUT2D eigenvalue weighted by Gasteiger charge is -2.73. The van der Waals surface area contributed by atoms with Gasteiger partial charge in [0, 0.05) is 6.42 Å². The molecular formula is C44H74O12. The van der Waals surface area contributed by atoms with Gasteiger partial charge in [0.2, 0.25) is 0 Å². The Morgan fingerprint density at radius 3 is 1.86 bits per heavy atom. The molecule has 7 rings (SSSR count). The van der Waals surface area contributed by atoms with Gasteiger partial charge in [0.1, 0.15) is 67.6 Å². The molecule has 0 aromatic rings. The summed E-state index contributed by atoms with van der Waals surface area (Å²) >= 11 is 0. The van der Waals surface area contributed by atoms with E-state index in [1.165, 1.54) is 70.6 Å². The molecule has 7 fully saturated rings. The van der Waals surface area contributed by atoms with Gasteiger partial charge >= 0.3 is 5.97 Å². The summed E-state index contributed by atoms with van der Waals surface area (Å²) in [6, 6.07) is 0. The molecule has 6 saturated carbocycles. The summed E-state index contributed by atoms with van der Waals surface area (Å²) in [4.78, 5) is 13.1. The molecule has 1 heterocycles. The van der Waals surface area contributed by atoms with Gasteiger partial charge < -0.3 is 55.1 Å². The topological polar surface area (TPSA) is 207 Å². The standard InChI is InChI=1S/C44H74O12/c1-22(9-12-29(45)54-21-25-30(46)31(47)37(53)39(55-25)56-38-35(51)33(49)32(48)34(50)36(38)52)23-13-18-41(4)24(23)14-19-43(6)27(41)10-11-28-42(5)17-8-16-40(2,3)26(42)15-20-44(28,43)7/h22-28,30-39,46-53H,8-21H2,1-7H3/t22-,23-,24+,25-,26+,27-,28-,30-,31+,32?,33-,34+,35+,36-,37+,38?,39-,41+,42+,43-,44-/m1/s1. The van der Waals surface area contributed by atoms with E-state index in [1.807, 2.05) is 0 Å². The molecule has 0 radical (unpaired) electrons. The summed E-state index contributed by atoms with van der Waals surface area (Å²) in [5, 5.41) is 82.5. The van der Waals surface area contributed by atoms with Crippen molar-refractivity contribution in [3.8, 4) is 0 Å². The van der Waals surface area contributed by atoms with Gasteiger partial charge in [-0.3, -0.25) is 4.79 Å². The van der Waals surface area contributed by atoms with Crippen LogP contribution in [0.1, 0.15) is 132 Å². The summed E-state index contributed by atoms with van der Waals surface area (Å²) in [6.45, 7) is 17.6. The number of hydrogen-bond acceptors (Lipinski definition) is 12. The lowest BCUT2D eigenvalue weighted by atomic mass is 9.32. The summed E-state index contributed by atoms with van der Waals surface area (Å²) in [5.74, 6) is 3.35.